The first kappa shape index (κ1) is 33.1. The van der Waals surface area contributed by atoms with E-state index >= 15 is 0 Å². The van der Waals surface area contributed by atoms with E-state index in [1.807, 2.05) is 24.3 Å². The molecule has 0 unspecified atom stereocenters. The summed E-state index contributed by atoms with van der Waals surface area (Å²) in [5, 5.41) is 8.16. The van der Waals surface area contributed by atoms with Gasteiger partial charge in [-0.2, -0.15) is 4.99 Å². The number of hydrogen-bond donors (Lipinski definition) is 1. The molecule has 2 heterocycles. The summed E-state index contributed by atoms with van der Waals surface area (Å²) < 4.78 is 42.6. The maximum atomic E-state index is 12.7. The lowest BCUT2D eigenvalue weighted by Gasteiger charge is -2.32. The minimum atomic E-state index is -4.74. The van der Waals surface area contributed by atoms with Crippen molar-refractivity contribution in [3.8, 4) is 22.8 Å². The van der Waals surface area contributed by atoms with E-state index in [2.05, 4.69) is 69.0 Å². The van der Waals surface area contributed by atoms with Gasteiger partial charge in [0.2, 0.25) is 0 Å². The third-order valence-corrected chi connectivity index (χ3v) is 8.62. The number of alkyl halides is 3. The smallest absolute Gasteiger partial charge is 0.406 e. The van der Waals surface area contributed by atoms with E-state index in [0.29, 0.717) is 24.0 Å². The first-order chi connectivity index (χ1) is 22.1. The summed E-state index contributed by atoms with van der Waals surface area (Å²) in [6.07, 6.45) is 0.393. The second kappa shape index (κ2) is 14.8. The second-order valence-electron chi connectivity index (χ2n) is 11.4. The normalized spacial score (nSPS) is 14.6. The summed E-state index contributed by atoms with van der Waals surface area (Å²) in [7, 11) is 0. The quantitative estimate of drug-likeness (QED) is 0.174. The van der Waals surface area contributed by atoms with Crippen molar-refractivity contribution in [1.82, 2.24) is 20.1 Å². The summed E-state index contributed by atoms with van der Waals surface area (Å²) in [4.78, 5) is 23.7. The first-order valence-corrected chi connectivity index (χ1v) is 16.3. The van der Waals surface area contributed by atoms with Crippen LogP contribution in [0.1, 0.15) is 55.7 Å². The van der Waals surface area contributed by atoms with Gasteiger partial charge in [-0.15, -0.1) is 18.3 Å². The van der Waals surface area contributed by atoms with Crippen LogP contribution in [0.25, 0.3) is 17.1 Å². The van der Waals surface area contributed by atoms with Crippen molar-refractivity contribution in [1.29, 1.82) is 0 Å². The van der Waals surface area contributed by atoms with Crippen LogP contribution in [0.4, 0.5) is 23.7 Å². The average Bonchev–Trinajstić information content (AvgIpc) is 3.51. The van der Waals surface area contributed by atoms with Gasteiger partial charge in [0.15, 0.2) is 11.0 Å². The number of urea groups is 1. The Labute approximate surface area is 271 Å². The Morgan fingerprint density at radius 2 is 1.83 bits per heavy atom. The topological polar surface area (TPSA) is 84.6 Å². The lowest BCUT2D eigenvalue weighted by Crippen LogP contribution is -2.36. The number of rotatable bonds is 10. The molecular formula is C34H37F3N6O2S. The Morgan fingerprint density at radius 3 is 2.54 bits per heavy atom. The SMILES string of the molecule is Cc1cccc(N2CCCS/C2=N\C(=O)NCCCCc2ccc(-c3ncn(-c4ccc(OC(F)(F)F)cc4)n3)cc2)c1C(C)C. The molecule has 1 saturated heterocycles. The van der Waals surface area contributed by atoms with Crippen LogP contribution in [0, 0.1) is 6.92 Å². The zero-order valence-corrected chi connectivity index (χ0v) is 26.9. The number of aromatic nitrogens is 3. The van der Waals surface area contributed by atoms with Gasteiger partial charge < -0.3 is 15.0 Å². The lowest BCUT2D eigenvalue weighted by molar-refractivity contribution is -0.274. The number of aryl methyl sites for hydroxylation is 2. The number of thioether (sulfide) groups is 1. The van der Waals surface area contributed by atoms with Crippen LogP contribution >= 0.6 is 11.8 Å². The fourth-order valence-electron chi connectivity index (χ4n) is 5.44. The Kier molecular flexibility index (Phi) is 10.7. The molecule has 0 saturated carbocycles. The highest BCUT2D eigenvalue weighted by Crippen LogP contribution is 2.34. The van der Waals surface area contributed by atoms with Crippen LogP contribution in [0.3, 0.4) is 0 Å². The zero-order chi connectivity index (χ0) is 32.7. The van der Waals surface area contributed by atoms with Crippen LogP contribution in [0.2, 0.25) is 0 Å². The van der Waals surface area contributed by atoms with Crippen molar-refractivity contribution in [3.63, 3.8) is 0 Å². The van der Waals surface area contributed by atoms with Gasteiger partial charge >= 0.3 is 12.4 Å². The van der Waals surface area contributed by atoms with E-state index < -0.39 is 6.36 Å². The molecule has 0 radical (unpaired) electrons. The molecule has 1 aromatic heterocycles. The molecule has 8 nitrogen and oxygen atoms in total. The molecule has 0 aliphatic carbocycles. The number of carbonyl (C=O) groups is 1. The molecule has 5 rings (SSSR count). The van der Waals surface area contributed by atoms with E-state index in [1.165, 1.54) is 46.4 Å². The number of unbranched alkanes of at least 4 members (excludes halogenated alkanes) is 1. The van der Waals surface area contributed by atoms with Gasteiger partial charge in [-0.05, 0) is 85.5 Å². The molecule has 0 spiro atoms. The average molecular weight is 651 g/mol. The lowest BCUT2D eigenvalue weighted by atomic mass is 9.95. The highest BCUT2D eigenvalue weighted by Gasteiger charge is 2.31. The number of halogens is 3. The van der Waals surface area contributed by atoms with Crippen LogP contribution in [0.15, 0.2) is 78.0 Å². The molecule has 0 bridgehead atoms. The fraction of sp³-hybridized carbons (Fsp3) is 0.353. The monoisotopic (exact) mass is 650 g/mol. The van der Waals surface area contributed by atoms with Gasteiger partial charge in [0, 0.05) is 30.1 Å². The second-order valence-corrected chi connectivity index (χ2v) is 12.4. The Bertz CT molecular complexity index is 1650. The standard InChI is InChI=1S/C34H37F3N6O2S/c1-23(2)30-24(3)8-6-10-29(30)42-20-7-21-46-33(42)40-32(44)38-19-5-4-9-25-11-13-26(14-12-25)31-39-22-43(41-31)27-15-17-28(18-16-27)45-34(35,36)37/h6,8,10-18,22-23H,4-5,7,9,19-21H2,1-3H3,(H,38,44)/b40-33-. The van der Waals surface area contributed by atoms with E-state index in [0.717, 1.165) is 60.0 Å². The van der Waals surface area contributed by atoms with Crippen molar-refractivity contribution < 1.29 is 22.7 Å². The number of nitrogens with zero attached hydrogens (tertiary/aromatic N) is 5. The van der Waals surface area contributed by atoms with Crippen LogP contribution < -0.4 is 15.0 Å². The van der Waals surface area contributed by atoms with Gasteiger partial charge in [-0.3, -0.25) is 0 Å². The number of aliphatic imine (C=N–C) groups is 1. The number of amidine groups is 1. The molecular weight excluding hydrogens is 613 g/mol. The minimum absolute atomic E-state index is 0.299. The van der Waals surface area contributed by atoms with E-state index in [4.69, 9.17) is 0 Å². The van der Waals surface area contributed by atoms with Crippen molar-refractivity contribution in [2.45, 2.75) is 58.7 Å². The Hall–Kier alpha value is -4.32. The number of nitrogens with one attached hydrogen (secondary N) is 1. The molecule has 0 atom stereocenters. The molecule has 1 N–H and O–H groups in total. The molecule has 46 heavy (non-hydrogen) atoms. The van der Waals surface area contributed by atoms with E-state index in [9.17, 15) is 18.0 Å². The van der Waals surface area contributed by atoms with Crippen molar-refractivity contribution >= 4 is 28.6 Å². The summed E-state index contributed by atoms with van der Waals surface area (Å²) in [6.45, 7) is 7.92. The predicted octanol–water partition coefficient (Wildman–Crippen LogP) is 8.30. The largest absolute Gasteiger partial charge is 0.573 e. The van der Waals surface area contributed by atoms with Gasteiger partial charge in [-0.25, -0.2) is 14.5 Å². The van der Waals surface area contributed by atoms with Crippen LogP contribution in [-0.2, 0) is 6.42 Å². The summed E-state index contributed by atoms with van der Waals surface area (Å²) in [5.74, 6) is 1.52. The highest BCUT2D eigenvalue weighted by molar-refractivity contribution is 8.14. The van der Waals surface area contributed by atoms with Crippen LogP contribution in [-0.4, -0.2) is 51.2 Å². The first-order valence-electron chi connectivity index (χ1n) is 15.3. The Balaban J connectivity index is 1.09. The van der Waals surface area contributed by atoms with Gasteiger partial charge in [-0.1, -0.05) is 62.0 Å². The molecule has 12 heteroatoms. The van der Waals surface area contributed by atoms with Crippen LogP contribution in [0.5, 0.6) is 5.75 Å². The van der Waals surface area contributed by atoms with E-state index in [-0.39, 0.29) is 11.8 Å². The number of amides is 2. The molecule has 2 amide bonds. The fourth-order valence-corrected chi connectivity index (χ4v) is 6.39. The van der Waals surface area contributed by atoms with Gasteiger partial charge in [0.25, 0.3) is 0 Å². The molecule has 4 aromatic rings. The van der Waals surface area contributed by atoms with Gasteiger partial charge in [0.1, 0.15) is 12.1 Å². The third kappa shape index (κ3) is 8.68. The number of ether oxygens (including phenoxy) is 1. The highest BCUT2D eigenvalue weighted by atomic mass is 32.2. The molecule has 1 aliphatic heterocycles. The summed E-state index contributed by atoms with van der Waals surface area (Å²) in [6, 6.07) is 19.4. The number of benzene rings is 3. The third-order valence-electron chi connectivity index (χ3n) is 7.56. The zero-order valence-electron chi connectivity index (χ0n) is 26.1. The minimum Gasteiger partial charge on any atom is -0.406 e. The van der Waals surface area contributed by atoms with E-state index in [1.54, 1.807) is 11.8 Å². The summed E-state index contributed by atoms with van der Waals surface area (Å²) >= 11 is 1.63. The van der Waals surface area contributed by atoms with Crippen molar-refractivity contribution in [3.05, 3.63) is 89.7 Å². The number of anilines is 1. The molecule has 1 fully saturated rings. The summed E-state index contributed by atoms with van der Waals surface area (Å²) in [5.41, 5.74) is 6.22. The number of carbonyl (C=O) groups excluding carboxylic acids is 1. The Morgan fingerprint density at radius 1 is 1.07 bits per heavy atom. The maximum Gasteiger partial charge on any atom is 0.573 e. The van der Waals surface area contributed by atoms with Crippen molar-refractivity contribution in [2.75, 3.05) is 23.7 Å². The number of hydrogen-bond acceptors (Lipinski definition) is 5. The van der Waals surface area contributed by atoms with Crippen molar-refractivity contribution in [2.24, 2.45) is 4.99 Å². The predicted molar refractivity (Wildman–Crippen MR) is 177 cm³/mol. The maximum absolute atomic E-state index is 12.7. The molecule has 3 aromatic carbocycles. The van der Waals surface area contributed by atoms with Gasteiger partial charge in [0.05, 0.1) is 5.69 Å². The molecule has 242 valence electrons. The molecule has 1 aliphatic rings.